The van der Waals surface area contributed by atoms with Crippen LogP contribution < -0.4 is 5.56 Å². The number of para-hydroxylation sites is 1. The maximum atomic E-state index is 12.6. The highest BCUT2D eigenvalue weighted by Gasteiger charge is 2.22. The van der Waals surface area contributed by atoms with Crippen LogP contribution in [0.1, 0.15) is 39.0 Å². The smallest absolute Gasteiger partial charge is 0.262 e. The molecule has 0 bridgehead atoms. The number of carbonyl (C=O) groups is 1. The fourth-order valence-electron chi connectivity index (χ4n) is 3.44. The summed E-state index contributed by atoms with van der Waals surface area (Å²) in [5, 5.41) is 1.25. The number of aromatic nitrogens is 2. The summed E-state index contributed by atoms with van der Waals surface area (Å²) in [6, 6.07) is 7.73. The van der Waals surface area contributed by atoms with E-state index in [1.165, 1.54) is 31.0 Å². The van der Waals surface area contributed by atoms with Crippen LogP contribution in [0.2, 0.25) is 0 Å². The average Bonchev–Trinajstić information content (AvgIpc) is 2.66. The zero-order valence-electron chi connectivity index (χ0n) is 14.9. The number of amides is 1. The van der Waals surface area contributed by atoms with Gasteiger partial charge in [0.2, 0.25) is 5.91 Å². The van der Waals surface area contributed by atoms with E-state index < -0.39 is 0 Å². The highest BCUT2D eigenvalue weighted by atomic mass is 32.2. The predicted molar refractivity (Wildman–Crippen MR) is 102 cm³/mol. The van der Waals surface area contributed by atoms with Gasteiger partial charge in [0.1, 0.15) is 0 Å². The summed E-state index contributed by atoms with van der Waals surface area (Å²) in [4.78, 5) is 31.7. The molecule has 0 aliphatic heterocycles. The van der Waals surface area contributed by atoms with E-state index >= 15 is 0 Å². The highest BCUT2D eigenvalue weighted by molar-refractivity contribution is 7.99. The first-order chi connectivity index (χ1) is 12.1. The molecule has 1 fully saturated rings. The molecule has 134 valence electrons. The first-order valence-corrected chi connectivity index (χ1v) is 9.98. The van der Waals surface area contributed by atoms with Crippen molar-refractivity contribution in [1.29, 1.82) is 0 Å². The van der Waals surface area contributed by atoms with Gasteiger partial charge in [-0.1, -0.05) is 43.2 Å². The number of fused-ring (bicyclic) bond motifs is 1. The number of rotatable bonds is 5. The lowest BCUT2D eigenvalue weighted by atomic mass is 9.94. The number of nitrogens with zero attached hydrogens (tertiary/aromatic N) is 3. The molecule has 0 saturated heterocycles. The minimum Gasteiger partial charge on any atom is -0.342 e. The lowest BCUT2D eigenvalue weighted by molar-refractivity contribution is -0.129. The Morgan fingerprint density at radius 1 is 1.28 bits per heavy atom. The molecule has 25 heavy (non-hydrogen) atoms. The summed E-state index contributed by atoms with van der Waals surface area (Å²) in [5.41, 5.74) is 0.650. The van der Waals surface area contributed by atoms with Crippen LogP contribution in [0.3, 0.4) is 0 Å². The molecule has 1 aromatic heterocycles. The molecule has 0 N–H and O–H groups in total. The third kappa shape index (κ3) is 3.89. The summed E-state index contributed by atoms with van der Waals surface area (Å²) >= 11 is 1.36. The molecule has 5 nitrogen and oxygen atoms in total. The Kier molecular flexibility index (Phi) is 5.78. The van der Waals surface area contributed by atoms with Crippen LogP contribution in [0.15, 0.2) is 34.2 Å². The summed E-state index contributed by atoms with van der Waals surface area (Å²) in [5.74, 6) is 0.430. The number of carbonyl (C=O) groups excluding carboxylic acids is 1. The van der Waals surface area contributed by atoms with E-state index in [0.717, 1.165) is 12.8 Å². The topological polar surface area (TPSA) is 55.2 Å². The van der Waals surface area contributed by atoms with E-state index in [1.807, 2.05) is 37.1 Å². The van der Waals surface area contributed by atoms with E-state index in [0.29, 0.717) is 34.4 Å². The minimum absolute atomic E-state index is 0.0383. The molecule has 0 atom stereocenters. The molecule has 2 aromatic rings. The van der Waals surface area contributed by atoms with Crippen molar-refractivity contribution in [3.8, 4) is 0 Å². The molecule has 3 rings (SSSR count). The second-order valence-electron chi connectivity index (χ2n) is 6.55. The fourth-order valence-corrected chi connectivity index (χ4v) is 4.42. The van der Waals surface area contributed by atoms with Crippen LogP contribution >= 0.6 is 11.8 Å². The van der Waals surface area contributed by atoms with Gasteiger partial charge in [0.25, 0.3) is 5.56 Å². The van der Waals surface area contributed by atoms with Crippen molar-refractivity contribution in [1.82, 2.24) is 14.5 Å². The molecule has 0 radical (unpaired) electrons. The second kappa shape index (κ2) is 8.04. The molecule has 1 saturated carbocycles. The quantitative estimate of drug-likeness (QED) is 0.607. The summed E-state index contributed by atoms with van der Waals surface area (Å²) < 4.78 is 1.65. The zero-order chi connectivity index (χ0) is 17.8. The first-order valence-electron chi connectivity index (χ1n) is 9.00. The molecule has 1 heterocycles. The van der Waals surface area contributed by atoms with Crippen LogP contribution in [0, 0.1) is 0 Å². The maximum absolute atomic E-state index is 12.6. The van der Waals surface area contributed by atoms with E-state index in [4.69, 9.17) is 0 Å². The van der Waals surface area contributed by atoms with Crippen molar-refractivity contribution in [2.45, 2.75) is 56.8 Å². The van der Waals surface area contributed by atoms with Gasteiger partial charge < -0.3 is 4.90 Å². The van der Waals surface area contributed by atoms with Gasteiger partial charge in [-0.05, 0) is 31.9 Å². The van der Waals surface area contributed by atoms with E-state index in [1.54, 1.807) is 10.6 Å². The van der Waals surface area contributed by atoms with Gasteiger partial charge >= 0.3 is 0 Å². The monoisotopic (exact) mass is 359 g/mol. The van der Waals surface area contributed by atoms with E-state index in [-0.39, 0.29) is 11.5 Å². The molecular formula is C19H25N3O2S. The summed E-state index contributed by atoms with van der Waals surface area (Å²) in [6.45, 7) is 2.48. The molecule has 1 aromatic carbocycles. The Balaban J connectivity index is 1.76. The Morgan fingerprint density at radius 2 is 2.00 bits per heavy atom. The normalized spacial score (nSPS) is 15.4. The number of thioether (sulfide) groups is 1. The molecule has 6 heteroatoms. The largest absolute Gasteiger partial charge is 0.342 e. The third-order valence-electron chi connectivity index (χ3n) is 4.98. The molecule has 0 unspecified atom stereocenters. The van der Waals surface area contributed by atoms with Gasteiger partial charge in [0.15, 0.2) is 5.16 Å². The van der Waals surface area contributed by atoms with Crippen molar-refractivity contribution in [2.75, 3.05) is 12.8 Å². The maximum Gasteiger partial charge on any atom is 0.262 e. The van der Waals surface area contributed by atoms with Crippen molar-refractivity contribution in [3.05, 3.63) is 34.6 Å². The van der Waals surface area contributed by atoms with Gasteiger partial charge in [-0.3, -0.25) is 14.2 Å². The third-order valence-corrected chi connectivity index (χ3v) is 5.94. The standard InChI is InChI=1S/C19H25N3O2S/c1-3-22-18(24)15-11-7-8-12-16(15)20-19(22)25-13-17(23)21(2)14-9-5-4-6-10-14/h7-8,11-12,14H,3-6,9-10,13H2,1-2H3. The zero-order valence-corrected chi connectivity index (χ0v) is 15.7. The van der Waals surface area contributed by atoms with E-state index in [9.17, 15) is 9.59 Å². The lowest BCUT2D eigenvalue weighted by Gasteiger charge is -2.31. The number of hydrogen-bond acceptors (Lipinski definition) is 4. The Hall–Kier alpha value is -1.82. The highest BCUT2D eigenvalue weighted by Crippen LogP contribution is 2.23. The predicted octanol–water partition coefficient (Wildman–Crippen LogP) is 3.30. The summed E-state index contributed by atoms with van der Waals surface area (Å²) in [6.07, 6.45) is 5.88. The van der Waals surface area contributed by atoms with Crippen molar-refractivity contribution >= 4 is 28.6 Å². The van der Waals surface area contributed by atoms with Gasteiger partial charge in [0, 0.05) is 19.6 Å². The van der Waals surface area contributed by atoms with Gasteiger partial charge in [-0.2, -0.15) is 0 Å². The molecule has 1 aliphatic rings. The Labute approximate surface area is 152 Å². The van der Waals surface area contributed by atoms with Gasteiger partial charge in [-0.25, -0.2) is 4.98 Å². The first kappa shape index (κ1) is 18.0. The Morgan fingerprint density at radius 3 is 2.72 bits per heavy atom. The number of hydrogen-bond donors (Lipinski definition) is 0. The SMILES string of the molecule is CCn1c(SCC(=O)N(C)C2CCCCC2)nc2ccccc2c1=O. The number of benzene rings is 1. The molecular weight excluding hydrogens is 334 g/mol. The van der Waals surface area contributed by atoms with Crippen molar-refractivity contribution in [2.24, 2.45) is 0 Å². The van der Waals surface area contributed by atoms with E-state index in [2.05, 4.69) is 4.98 Å². The van der Waals surface area contributed by atoms with Crippen LogP contribution in [-0.2, 0) is 11.3 Å². The van der Waals surface area contributed by atoms with Crippen molar-refractivity contribution in [3.63, 3.8) is 0 Å². The minimum atomic E-state index is -0.0383. The van der Waals surface area contributed by atoms with Crippen LogP contribution in [0.25, 0.3) is 10.9 Å². The average molecular weight is 359 g/mol. The summed E-state index contributed by atoms with van der Waals surface area (Å²) in [7, 11) is 1.90. The molecule has 1 amide bonds. The van der Waals surface area contributed by atoms with Gasteiger partial charge in [-0.15, -0.1) is 0 Å². The molecule has 1 aliphatic carbocycles. The van der Waals surface area contributed by atoms with Crippen LogP contribution in [0.5, 0.6) is 0 Å². The fraction of sp³-hybridized carbons (Fsp3) is 0.526. The Bertz CT molecular complexity index is 812. The van der Waals surface area contributed by atoms with Crippen molar-refractivity contribution < 1.29 is 4.79 Å². The second-order valence-corrected chi connectivity index (χ2v) is 7.49. The van der Waals surface area contributed by atoms with Gasteiger partial charge in [0.05, 0.1) is 16.7 Å². The van der Waals surface area contributed by atoms with Crippen LogP contribution in [-0.4, -0.2) is 39.2 Å². The van der Waals surface area contributed by atoms with Crippen LogP contribution in [0.4, 0.5) is 0 Å². The lowest BCUT2D eigenvalue weighted by Crippen LogP contribution is -2.39. The molecule has 0 spiro atoms.